The molecule has 0 spiro atoms. The molecule has 1 aliphatic rings. The van der Waals surface area contributed by atoms with Crippen molar-refractivity contribution in [2.75, 3.05) is 13.2 Å². The van der Waals surface area contributed by atoms with Gasteiger partial charge in [0.05, 0.1) is 48.9 Å². The molecule has 7 nitrogen and oxygen atoms in total. The van der Waals surface area contributed by atoms with E-state index in [1.54, 1.807) is 42.9 Å². The Morgan fingerprint density at radius 2 is 2.09 bits per heavy atom. The second kappa shape index (κ2) is 9.20. The van der Waals surface area contributed by atoms with Gasteiger partial charge in [-0.2, -0.15) is 5.10 Å². The molecule has 1 aliphatic heterocycles. The van der Waals surface area contributed by atoms with Gasteiger partial charge in [-0.05, 0) is 31.5 Å². The summed E-state index contributed by atoms with van der Waals surface area (Å²) in [6.07, 6.45) is 1.61. The topological polar surface area (TPSA) is 86.1 Å². The molecule has 3 aromatic rings. The minimum atomic E-state index is -3.90. The maximum Gasteiger partial charge on any atom is 0.252 e. The minimum Gasteiger partial charge on any atom is -0.372 e. The highest BCUT2D eigenvalue weighted by Crippen LogP contribution is 2.31. The van der Waals surface area contributed by atoms with Crippen LogP contribution >= 0.6 is 34.5 Å². The Labute approximate surface area is 198 Å². The standard InChI is InChI=1S/C20H19Cl2FN4O3S2/c1-11-20(31-12(2)26-11)32(28,29)25-7-18(23)16-10-30-9-14-6-24-27(19(14)16)8-13-3-4-15(21)5-17(13)22/h3-6,25H,7-10H2,1-2H3/b18-16-. The van der Waals surface area contributed by atoms with Crippen molar-refractivity contribution in [3.8, 4) is 0 Å². The summed E-state index contributed by atoms with van der Waals surface area (Å²) < 4.78 is 50.0. The summed E-state index contributed by atoms with van der Waals surface area (Å²) in [7, 11) is -3.90. The molecule has 12 heteroatoms. The largest absolute Gasteiger partial charge is 0.372 e. The molecule has 0 saturated carbocycles. The number of ether oxygens (including phenoxy) is 1. The Morgan fingerprint density at radius 1 is 1.31 bits per heavy atom. The van der Waals surface area contributed by atoms with E-state index in [9.17, 15) is 8.42 Å². The van der Waals surface area contributed by atoms with E-state index in [1.807, 2.05) is 0 Å². The number of hydrogen-bond donors (Lipinski definition) is 1. The first kappa shape index (κ1) is 23.3. The third-order valence-corrected chi connectivity index (χ3v) is 8.56. The molecule has 0 bridgehead atoms. The Balaban J connectivity index is 1.61. The van der Waals surface area contributed by atoms with E-state index in [2.05, 4.69) is 14.8 Å². The lowest BCUT2D eigenvalue weighted by molar-refractivity contribution is 0.144. The van der Waals surface area contributed by atoms with Crippen LogP contribution in [0.15, 0.2) is 34.4 Å². The third-order valence-electron chi connectivity index (χ3n) is 4.89. The molecule has 1 aromatic carbocycles. The summed E-state index contributed by atoms with van der Waals surface area (Å²) in [6, 6.07) is 5.13. The van der Waals surface area contributed by atoms with Crippen LogP contribution in [0, 0.1) is 13.8 Å². The first-order valence-electron chi connectivity index (χ1n) is 9.53. The van der Waals surface area contributed by atoms with Gasteiger partial charge in [0.1, 0.15) is 5.83 Å². The summed E-state index contributed by atoms with van der Waals surface area (Å²) in [5, 5.41) is 5.97. The van der Waals surface area contributed by atoms with Crippen molar-refractivity contribution in [2.45, 2.75) is 31.2 Å². The summed E-state index contributed by atoms with van der Waals surface area (Å²) in [5.41, 5.74) is 2.67. The lowest BCUT2D eigenvalue weighted by Gasteiger charge is -2.20. The third kappa shape index (κ3) is 4.75. The van der Waals surface area contributed by atoms with Crippen molar-refractivity contribution in [1.29, 1.82) is 0 Å². The number of halogens is 3. The van der Waals surface area contributed by atoms with Gasteiger partial charge in [-0.15, -0.1) is 11.3 Å². The van der Waals surface area contributed by atoms with Gasteiger partial charge in [0, 0.05) is 21.2 Å². The average molecular weight is 517 g/mol. The van der Waals surface area contributed by atoms with Crippen LogP contribution in [-0.4, -0.2) is 36.3 Å². The Morgan fingerprint density at radius 3 is 2.78 bits per heavy atom. The lowest BCUT2D eigenvalue weighted by Crippen LogP contribution is -2.26. The zero-order valence-corrected chi connectivity index (χ0v) is 20.3. The minimum absolute atomic E-state index is 0.000697. The first-order valence-corrected chi connectivity index (χ1v) is 12.6. The molecule has 0 aliphatic carbocycles. The number of rotatable bonds is 6. The van der Waals surface area contributed by atoms with Gasteiger partial charge in [-0.1, -0.05) is 29.3 Å². The van der Waals surface area contributed by atoms with Crippen molar-refractivity contribution >= 4 is 50.1 Å². The highest BCUT2D eigenvalue weighted by Gasteiger charge is 2.26. The molecule has 32 heavy (non-hydrogen) atoms. The molecular formula is C20H19Cl2FN4O3S2. The molecule has 3 heterocycles. The molecular weight excluding hydrogens is 498 g/mol. The summed E-state index contributed by atoms with van der Waals surface area (Å²) in [6.45, 7) is 3.39. The normalized spacial score (nSPS) is 15.7. The van der Waals surface area contributed by atoms with Crippen LogP contribution in [0.4, 0.5) is 4.39 Å². The molecule has 0 saturated heterocycles. The molecule has 1 N–H and O–H groups in total. The fraction of sp³-hybridized carbons (Fsp3) is 0.300. The second-order valence-electron chi connectivity index (χ2n) is 7.22. The predicted octanol–water partition coefficient (Wildman–Crippen LogP) is 4.50. The van der Waals surface area contributed by atoms with Crippen molar-refractivity contribution in [3.05, 3.63) is 67.8 Å². The monoisotopic (exact) mass is 516 g/mol. The van der Waals surface area contributed by atoms with E-state index in [-0.39, 0.29) is 23.0 Å². The highest BCUT2D eigenvalue weighted by atomic mass is 35.5. The summed E-state index contributed by atoms with van der Waals surface area (Å²) in [5.74, 6) is -0.641. The zero-order valence-electron chi connectivity index (χ0n) is 17.2. The number of aryl methyl sites for hydroxylation is 2. The smallest absolute Gasteiger partial charge is 0.252 e. The number of benzene rings is 1. The number of aromatic nitrogens is 3. The van der Waals surface area contributed by atoms with Crippen LogP contribution < -0.4 is 4.72 Å². The first-order chi connectivity index (χ1) is 15.2. The number of fused-ring (bicyclic) bond motifs is 1. The van der Waals surface area contributed by atoms with Crippen LogP contribution in [0.25, 0.3) is 5.57 Å². The van der Waals surface area contributed by atoms with E-state index in [1.165, 1.54) is 0 Å². The van der Waals surface area contributed by atoms with Gasteiger partial charge >= 0.3 is 0 Å². The van der Waals surface area contributed by atoms with Gasteiger partial charge in [-0.25, -0.2) is 22.5 Å². The molecule has 0 atom stereocenters. The van der Waals surface area contributed by atoms with E-state index in [4.69, 9.17) is 27.9 Å². The number of sulfonamides is 1. The molecule has 0 radical (unpaired) electrons. The van der Waals surface area contributed by atoms with Gasteiger partial charge in [-0.3, -0.25) is 4.68 Å². The van der Waals surface area contributed by atoms with Gasteiger partial charge in [0.2, 0.25) is 0 Å². The van der Waals surface area contributed by atoms with Crippen LogP contribution in [0.5, 0.6) is 0 Å². The maximum absolute atomic E-state index is 15.2. The van der Waals surface area contributed by atoms with Crippen LogP contribution in [0.2, 0.25) is 10.0 Å². The summed E-state index contributed by atoms with van der Waals surface area (Å²) in [4.78, 5) is 4.12. The van der Waals surface area contributed by atoms with Crippen molar-refractivity contribution < 1.29 is 17.5 Å². The molecule has 0 fully saturated rings. The molecule has 0 unspecified atom stereocenters. The van der Waals surface area contributed by atoms with Crippen LogP contribution in [-0.2, 0) is 27.9 Å². The fourth-order valence-electron chi connectivity index (χ4n) is 3.44. The molecule has 4 rings (SSSR count). The second-order valence-corrected chi connectivity index (χ2v) is 11.2. The van der Waals surface area contributed by atoms with Gasteiger partial charge in [0.15, 0.2) is 4.21 Å². The zero-order chi connectivity index (χ0) is 23.0. The Bertz CT molecular complexity index is 1320. The Hall–Kier alpha value is -1.82. The molecule has 2 aromatic heterocycles. The number of nitrogens with zero attached hydrogens (tertiary/aromatic N) is 3. The number of hydrogen-bond acceptors (Lipinski definition) is 6. The van der Waals surface area contributed by atoms with Gasteiger partial charge in [0.25, 0.3) is 10.0 Å². The molecule has 170 valence electrons. The SMILES string of the molecule is Cc1nc(C)c(S(=O)(=O)NC/C(F)=C2\COCc3cnn(Cc4ccc(Cl)cc4Cl)c32)s1. The van der Waals surface area contributed by atoms with E-state index in [0.717, 1.165) is 16.9 Å². The average Bonchev–Trinajstić information content (AvgIpc) is 3.31. The number of nitrogens with one attached hydrogen (secondary N) is 1. The van der Waals surface area contributed by atoms with Crippen LogP contribution in [0.3, 0.4) is 0 Å². The Kier molecular flexibility index (Phi) is 6.71. The summed E-state index contributed by atoms with van der Waals surface area (Å²) >= 11 is 13.3. The maximum atomic E-state index is 15.2. The number of thiazole rings is 1. The fourth-order valence-corrected chi connectivity index (χ4v) is 6.41. The predicted molar refractivity (Wildman–Crippen MR) is 122 cm³/mol. The lowest BCUT2D eigenvalue weighted by atomic mass is 10.1. The molecule has 0 amide bonds. The van der Waals surface area contributed by atoms with Crippen molar-refractivity contribution in [2.24, 2.45) is 0 Å². The van der Waals surface area contributed by atoms with E-state index in [0.29, 0.717) is 38.5 Å². The van der Waals surface area contributed by atoms with Crippen LogP contribution in [0.1, 0.15) is 27.5 Å². The highest BCUT2D eigenvalue weighted by molar-refractivity contribution is 7.91. The van der Waals surface area contributed by atoms with Crippen molar-refractivity contribution in [1.82, 2.24) is 19.5 Å². The van der Waals surface area contributed by atoms with Gasteiger partial charge < -0.3 is 4.74 Å². The quantitative estimate of drug-likeness (QED) is 0.521. The van der Waals surface area contributed by atoms with E-state index >= 15 is 4.39 Å². The van der Waals surface area contributed by atoms with E-state index < -0.39 is 22.4 Å². The van der Waals surface area contributed by atoms with Crippen molar-refractivity contribution in [3.63, 3.8) is 0 Å².